The Morgan fingerprint density at radius 1 is 1.08 bits per heavy atom. The number of ether oxygens (including phenoxy) is 1. The number of hydrogen-bond donors (Lipinski definition) is 0. The normalized spacial score (nSPS) is 12.6. The van der Waals surface area contributed by atoms with Crippen LogP contribution in [0.25, 0.3) is 11.3 Å². The molecular weight excluding hydrogens is 334 g/mol. The molecule has 0 saturated carbocycles. The summed E-state index contributed by atoms with van der Waals surface area (Å²) in [4.78, 5) is 13.5. The smallest absolute Gasteiger partial charge is 0.128 e. The molecular formula is C20H16ClN3O. The zero-order chi connectivity index (χ0) is 17.2. The number of para-hydroxylation sites is 1. The Hall–Kier alpha value is -2.72. The highest BCUT2D eigenvalue weighted by Crippen LogP contribution is 2.34. The van der Waals surface area contributed by atoms with E-state index in [9.17, 15) is 0 Å². The molecule has 0 amide bonds. The number of aromatic nitrogens is 2. The van der Waals surface area contributed by atoms with Crippen LogP contribution in [0.5, 0.6) is 5.75 Å². The highest BCUT2D eigenvalue weighted by atomic mass is 35.5. The first-order chi connectivity index (χ1) is 12.3. The molecule has 0 saturated heterocycles. The average Bonchev–Trinajstić information content (AvgIpc) is 2.79. The average molecular weight is 350 g/mol. The van der Waals surface area contributed by atoms with E-state index in [1.165, 1.54) is 0 Å². The molecule has 0 radical (unpaired) electrons. The fourth-order valence-corrected chi connectivity index (χ4v) is 3.23. The van der Waals surface area contributed by atoms with Gasteiger partial charge in [-0.25, -0.2) is 9.97 Å². The predicted molar refractivity (Wildman–Crippen MR) is 99.4 cm³/mol. The fourth-order valence-electron chi connectivity index (χ4n) is 3.06. The lowest BCUT2D eigenvalue weighted by molar-refractivity contribution is 0.339. The number of rotatable bonds is 3. The molecule has 124 valence electrons. The highest BCUT2D eigenvalue weighted by Gasteiger charge is 2.22. The van der Waals surface area contributed by atoms with Gasteiger partial charge in [0.2, 0.25) is 0 Å². The van der Waals surface area contributed by atoms with Crippen molar-refractivity contribution >= 4 is 17.3 Å². The molecule has 2 heterocycles. The second kappa shape index (κ2) is 6.65. The molecule has 0 N–H and O–H groups in total. The molecule has 25 heavy (non-hydrogen) atoms. The van der Waals surface area contributed by atoms with E-state index in [-0.39, 0.29) is 0 Å². The summed E-state index contributed by atoms with van der Waals surface area (Å²) in [7, 11) is 0. The first kappa shape index (κ1) is 15.8. The van der Waals surface area contributed by atoms with Gasteiger partial charge in [0, 0.05) is 33.5 Å². The summed E-state index contributed by atoms with van der Waals surface area (Å²) in [5, 5.41) is 0.665. The third-order valence-corrected chi connectivity index (χ3v) is 4.36. The van der Waals surface area contributed by atoms with Crippen molar-refractivity contribution in [1.29, 1.82) is 0 Å². The monoisotopic (exact) mass is 349 g/mol. The summed E-state index contributed by atoms with van der Waals surface area (Å²) in [5.41, 5.74) is 5.67. The minimum Gasteiger partial charge on any atom is -0.493 e. The Balaban J connectivity index is 1.97. The van der Waals surface area contributed by atoms with Crippen molar-refractivity contribution in [3.05, 3.63) is 76.7 Å². The van der Waals surface area contributed by atoms with Crippen LogP contribution in [0.15, 0.2) is 60.0 Å². The van der Waals surface area contributed by atoms with E-state index < -0.39 is 0 Å². The van der Waals surface area contributed by atoms with E-state index in [1.807, 2.05) is 55.6 Å². The van der Waals surface area contributed by atoms with Crippen molar-refractivity contribution in [2.24, 2.45) is 4.99 Å². The van der Waals surface area contributed by atoms with Gasteiger partial charge < -0.3 is 4.74 Å². The molecule has 5 heteroatoms. The van der Waals surface area contributed by atoms with Crippen molar-refractivity contribution in [1.82, 2.24) is 9.97 Å². The first-order valence-electron chi connectivity index (χ1n) is 8.13. The van der Waals surface area contributed by atoms with Gasteiger partial charge in [-0.05, 0) is 31.2 Å². The Labute approximate surface area is 151 Å². The van der Waals surface area contributed by atoms with Crippen LogP contribution in [-0.2, 0) is 6.54 Å². The van der Waals surface area contributed by atoms with Crippen LogP contribution in [0.1, 0.15) is 23.6 Å². The van der Waals surface area contributed by atoms with Gasteiger partial charge in [0.1, 0.15) is 12.1 Å². The number of halogens is 1. The van der Waals surface area contributed by atoms with Gasteiger partial charge >= 0.3 is 0 Å². The molecule has 1 aromatic heterocycles. The van der Waals surface area contributed by atoms with E-state index in [1.54, 1.807) is 6.33 Å². The molecule has 0 spiro atoms. The van der Waals surface area contributed by atoms with Crippen molar-refractivity contribution in [2.45, 2.75) is 13.5 Å². The van der Waals surface area contributed by atoms with Gasteiger partial charge in [0.05, 0.1) is 24.6 Å². The van der Waals surface area contributed by atoms with Crippen LogP contribution in [-0.4, -0.2) is 22.3 Å². The fraction of sp³-hybridized carbons (Fsp3) is 0.150. The third kappa shape index (κ3) is 2.89. The second-order valence-electron chi connectivity index (χ2n) is 5.68. The van der Waals surface area contributed by atoms with Gasteiger partial charge in [0.15, 0.2) is 0 Å². The van der Waals surface area contributed by atoms with Crippen LogP contribution in [0.4, 0.5) is 0 Å². The maximum Gasteiger partial charge on any atom is 0.128 e. The van der Waals surface area contributed by atoms with Crippen molar-refractivity contribution in [2.75, 3.05) is 6.61 Å². The Bertz CT molecular complexity index is 969. The number of fused-ring (bicyclic) bond motifs is 3. The Kier molecular flexibility index (Phi) is 4.20. The van der Waals surface area contributed by atoms with E-state index in [0.29, 0.717) is 18.2 Å². The molecule has 1 aliphatic rings. The number of hydrogen-bond acceptors (Lipinski definition) is 4. The van der Waals surface area contributed by atoms with Crippen molar-refractivity contribution in [3.63, 3.8) is 0 Å². The quantitative estimate of drug-likeness (QED) is 0.697. The predicted octanol–water partition coefficient (Wildman–Crippen LogP) is 4.55. The number of aliphatic imine (C=N–C) groups is 1. The first-order valence-corrected chi connectivity index (χ1v) is 8.51. The summed E-state index contributed by atoms with van der Waals surface area (Å²) in [5.74, 6) is 0.812. The molecule has 2 aromatic carbocycles. The molecule has 0 atom stereocenters. The second-order valence-corrected chi connectivity index (χ2v) is 6.12. The zero-order valence-corrected chi connectivity index (χ0v) is 14.5. The summed E-state index contributed by atoms with van der Waals surface area (Å²) in [6.45, 7) is 3.08. The van der Waals surface area contributed by atoms with Gasteiger partial charge in [-0.15, -0.1) is 0 Å². The van der Waals surface area contributed by atoms with Gasteiger partial charge in [0.25, 0.3) is 0 Å². The summed E-state index contributed by atoms with van der Waals surface area (Å²) in [6.07, 6.45) is 3.39. The van der Waals surface area contributed by atoms with E-state index >= 15 is 0 Å². The van der Waals surface area contributed by atoms with E-state index in [0.717, 1.165) is 39.4 Å². The standard InChI is InChI=1S/C20H16ClN3O/c1-2-25-18-6-4-3-5-16(18)20-17-9-14(21)7-8-15(17)19-13(11-23-20)10-22-12-24-19/h3-10,12H,2,11H2,1H3. The van der Waals surface area contributed by atoms with Crippen LogP contribution < -0.4 is 4.74 Å². The lowest BCUT2D eigenvalue weighted by atomic mass is 9.95. The Morgan fingerprint density at radius 2 is 1.96 bits per heavy atom. The van der Waals surface area contributed by atoms with Crippen molar-refractivity contribution in [3.8, 4) is 17.0 Å². The lowest BCUT2D eigenvalue weighted by Gasteiger charge is -2.14. The minimum atomic E-state index is 0.512. The third-order valence-electron chi connectivity index (χ3n) is 4.13. The molecule has 3 aromatic rings. The lowest BCUT2D eigenvalue weighted by Crippen LogP contribution is -2.08. The van der Waals surface area contributed by atoms with Crippen LogP contribution >= 0.6 is 11.6 Å². The van der Waals surface area contributed by atoms with Crippen molar-refractivity contribution < 1.29 is 4.74 Å². The van der Waals surface area contributed by atoms with Gasteiger partial charge in [-0.1, -0.05) is 29.8 Å². The molecule has 0 unspecified atom stereocenters. The molecule has 4 rings (SSSR count). The molecule has 1 aliphatic heterocycles. The highest BCUT2D eigenvalue weighted by molar-refractivity contribution is 6.31. The Morgan fingerprint density at radius 3 is 2.84 bits per heavy atom. The topological polar surface area (TPSA) is 47.4 Å². The molecule has 4 nitrogen and oxygen atoms in total. The molecule has 0 fully saturated rings. The molecule has 0 bridgehead atoms. The maximum atomic E-state index is 6.29. The molecule has 0 aliphatic carbocycles. The summed E-state index contributed by atoms with van der Waals surface area (Å²) >= 11 is 6.29. The van der Waals surface area contributed by atoms with Crippen LogP contribution in [0.2, 0.25) is 5.02 Å². The van der Waals surface area contributed by atoms with Gasteiger partial charge in [-0.2, -0.15) is 0 Å². The minimum absolute atomic E-state index is 0.512. The van der Waals surface area contributed by atoms with Crippen LogP contribution in [0, 0.1) is 0 Å². The summed E-state index contributed by atoms with van der Waals surface area (Å²) < 4.78 is 5.81. The van der Waals surface area contributed by atoms with E-state index in [4.69, 9.17) is 21.3 Å². The van der Waals surface area contributed by atoms with Crippen LogP contribution in [0.3, 0.4) is 0 Å². The summed E-state index contributed by atoms with van der Waals surface area (Å²) in [6, 6.07) is 13.7. The SMILES string of the molecule is CCOc1ccccc1C1=NCc2cncnc2-c2ccc(Cl)cc21. The largest absolute Gasteiger partial charge is 0.493 e. The van der Waals surface area contributed by atoms with E-state index in [2.05, 4.69) is 9.97 Å². The zero-order valence-electron chi connectivity index (χ0n) is 13.7. The number of benzene rings is 2. The van der Waals surface area contributed by atoms with Gasteiger partial charge in [-0.3, -0.25) is 4.99 Å². The number of nitrogens with zero attached hydrogens (tertiary/aromatic N) is 3. The maximum absolute atomic E-state index is 6.29.